The van der Waals surface area contributed by atoms with E-state index in [2.05, 4.69) is 14.7 Å². The van der Waals surface area contributed by atoms with Gasteiger partial charge in [0.1, 0.15) is 10.6 Å². The van der Waals surface area contributed by atoms with Gasteiger partial charge in [0.15, 0.2) is 5.03 Å². The lowest BCUT2D eigenvalue weighted by Gasteiger charge is -2.11. The first-order valence-corrected chi connectivity index (χ1v) is 11.1. The van der Waals surface area contributed by atoms with Gasteiger partial charge < -0.3 is 9.30 Å². The van der Waals surface area contributed by atoms with E-state index in [-0.39, 0.29) is 5.03 Å². The Morgan fingerprint density at radius 1 is 1.21 bits per heavy atom. The van der Waals surface area contributed by atoms with Crippen molar-refractivity contribution in [2.24, 2.45) is 7.05 Å². The Morgan fingerprint density at radius 2 is 2.00 bits per heavy atom. The first kappa shape index (κ1) is 19.4. The molecule has 0 radical (unpaired) electrons. The van der Waals surface area contributed by atoms with E-state index in [0.29, 0.717) is 5.69 Å². The maximum Gasteiger partial charge on any atom is 0.280 e. The molecule has 150 valence electrons. The Kier molecular flexibility index (Phi) is 4.79. The van der Waals surface area contributed by atoms with Crippen LogP contribution in [0.5, 0.6) is 5.75 Å². The van der Waals surface area contributed by atoms with Crippen LogP contribution in [0.25, 0.3) is 21.3 Å². The molecule has 1 N–H and O–H groups in total. The van der Waals surface area contributed by atoms with Crippen molar-refractivity contribution in [2.45, 2.75) is 18.9 Å². The number of imidazole rings is 1. The second-order valence-electron chi connectivity index (χ2n) is 6.74. The van der Waals surface area contributed by atoms with E-state index < -0.39 is 10.0 Å². The molecule has 0 fully saturated rings. The predicted octanol–water partition coefficient (Wildman–Crippen LogP) is 4.12. The van der Waals surface area contributed by atoms with Crippen molar-refractivity contribution in [3.8, 4) is 16.9 Å². The number of nitrogens with zero attached hydrogens (tertiary/aromatic N) is 3. The van der Waals surface area contributed by atoms with E-state index in [1.54, 1.807) is 24.8 Å². The van der Waals surface area contributed by atoms with Crippen LogP contribution >= 0.6 is 11.3 Å². The average Bonchev–Trinajstić information content (AvgIpc) is 3.24. The third-order valence-electron chi connectivity index (χ3n) is 4.53. The molecule has 3 aromatic heterocycles. The number of sulfonamides is 1. The smallest absolute Gasteiger partial charge is 0.280 e. The normalized spacial score (nSPS) is 11.7. The summed E-state index contributed by atoms with van der Waals surface area (Å²) in [4.78, 5) is 10.4. The Bertz CT molecular complexity index is 1320. The summed E-state index contributed by atoms with van der Waals surface area (Å²) in [6.07, 6.45) is 2.92. The molecule has 1 aromatic carbocycles. The van der Waals surface area contributed by atoms with Crippen molar-refractivity contribution in [1.29, 1.82) is 0 Å². The first-order valence-electron chi connectivity index (χ1n) is 8.84. The van der Waals surface area contributed by atoms with E-state index >= 15 is 0 Å². The van der Waals surface area contributed by atoms with Crippen molar-refractivity contribution in [3.05, 3.63) is 53.4 Å². The Morgan fingerprint density at radius 3 is 2.69 bits per heavy atom. The first-order chi connectivity index (χ1) is 13.8. The molecule has 0 amide bonds. The Labute approximate surface area is 173 Å². The minimum atomic E-state index is -3.83. The third-order valence-corrected chi connectivity index (χ3v) is 6.77. The fraction of sp³-hybridized carbons (Fsp3) is 0.200. The third kappa shape index (κ3) is 3.58. The van der Waals surface area contributed by atoms with E-state index in [1.165, 1.54) is 23.9 Å². The second kappa shape index (κ2) is 7.16. The SMILES string of the molecule is COc1cccc(-c2c(C)sc3nc(C)cc(NS(=O)(=O)c4cn(C)cn4)c23)c1. The van der Waals surface area contributed by atoms with Crippen LogP contribution in [-0.4, -0.2) is 30.1 Å². The molecule has 0 aliphatic heterocycles. The molecule has 0 saturated heterocycles. The highest BCUT2D eigenvalue weighted by atomic mass is 32.2. The maximum atomic E-state index is 12.9. The summed E-state index contributed by atoms with van der Waals surface area (Å²) in [6, 6.07) is 9.45. The van der Waals surface area contributed by atoms with Crippen molar-refractivity contribution >= 4 is 37.3 Å². The number of pyridine rings is 1. The van der Waals surface area contributed by atoms with Crippen LogP contribution in [-0.2, 0) is 17.1 Å². The molecule has 7 nitrogen and oxygen atoms in total. The predicted molar refractivity (Wildman–Crippen MR) is 115 cm³/mol. The van der Waals surface area contributed by atoms with Gasteiger partial charge in [0, 0.05) is 34.8 Å². The average molecular weight is 429 g/mol. The molecule has 0 saturated carbocycles. The summed E-state index contributed by atoms with van der Waals surface area (Å²) >= 11 is 1.53. The number of thiophene rings is 1. The zero-order chi connectivity index (χ0) is 20.8. The molecule has 29 heavy (non-hydrogen) atoms. The monoisotopic (exact) mass is 428 g/mol. The number of benzene rings is 1. The fourth-order valence-electron chi connectivity index (χ4n) is 3.26. The molecule has 9 heteroatoms. The molecule has 0 aliphatic rings. The number of anilines is 1. The van der Waals surface area contributed by atoms with Gasteiger partial charge in [-0.15, -0.1) is 11.3 Å². The number of fused-ring (bicyclic) bond motifs is 1. The van der Waals surface area contributed by atoms with Crippen LogP contribution in [0.15, 0.2) is 47.9 Å². The number of aromatic nitrogens is 3. The van der Waals surface area contributed by atoms with Gasteiger partial charge in [0.2, 0.25) is 0 Å². The second-order valence-corrected chi connectivity index (χ2v) is 9.57. The Hall–Kier alpha value is -2.91. The van der Waals surface area contributed by atoms with Crippen LogP contribution in [0.3, 0.4) is 0 Å². The molecule has 0 aliphatic carbocycles. The summed E-state index contributed by atoms with van der Waals surface area (Å²) in [6.45, 7) is 3.85. The van der Waals surface area contributed by atoms with Crippen molar-refractivity contribution < 1.29 is 13.2 Å². The summed E-state index contributed by atoms with van der Waals surface area (Å²) in [5.74, 6) is 0.733. The van der Waals surface area contributed by atoms with Gasteiger partial charge in [-0.25, -0.2) is 9.97 Å². The lowest BCUT2D eigenvalue weighted by molar-refractivity contribution is 0.415. The molecule has 0 unspecified atom stereocenters. The van der Waals surface area contributed by atoms with Gasteiger partial charge in [0.25, 0.3) is 10.0 Å². The molecule has 0 spiro atoms. The summed E-state index contributed by atoms with van der Waals surface area (Å²) in [7, 11) is -0.487. The highest BCUT2D eigenvalue weighted by Crippen LogP contribution is 2.42. The van der Waals surface area contributed by atoms with E-state index in [1.807, 2.05) is 38.1 Å². The number of ether oxygens (including phenoxy) is 1. The fourth-order valence-corrected chi connectivity index (χ4v) is 5.43. The molecule has 4 aromatic rings. The largest absolute Gasteiger partial charge is 0.497 e. The molecular formula is C20H20N4O3S2. The van der Waals surface area contributed by atoms with E-state index in [0.717, 1.165) is 37.7 Å². The van der Waals surface area contributed by atoms with Crippen molar-refractivity contribution in [3.63, 3.8) is 0 Å². The van der Waals surface area contributed by atoms with Gasteiger partial charge in [-0.05, 0) is 37.6 Å². The van der Waals surface area contributed by atoms with Crippen LogP contribution in [0.2, 0.25) is 0 Å². The number of aryl methyl sites for hydroxylation is 3. The van der Waals surface area contributed by atoms with E-state index in [9.17, 15) is 8.42 Å². The van der Waals surface area contributed by atoms with Gasteiger partial charge in [-0.1, -0.05) is 12.1 Å². The quantitative estimate of drug-likeness (QED) is 0.517. The lowest BCUT2D eigenvalue weighted by Crippen LogP contribution is -2.14. The maximum absolute atomic E-state index is 12.9. The summed E-state index contributed by atoms with van der Waals surface area (Å²) < 4.78 is 35.5. The van der Waals surface area contributed by atoms with Crippen molar-refractivity contribution in [2.75, 3.05) is 11.8 Å². The number of nitrogens with one attached hydrogen (secondary N) is 1. The highest BCUT2D eigenvalue weighted by molar-refractivity contribution is 7.92. The zero-order valence-corrected chi connectivity index (χ0v) is 18.1. The topological polar surface area (TPSA) is 86.1 Å². The number of methoxy groups -OCH3 is 1. The van der Waals surface area contributed by atoms with Gasteiger partial charge in [0.05, 0.1) is 19.1 Å². The van der Waals surface area contributed by atoms with Crippen molar-refractivity contribution in [1.82, 2.24) is 14.5 Å². The number of rotatable bonds is 5. The molecule has 0 atom stereocenters. The molecule has 3 heterocycles. The molecule has 0 bridgehead atoms. The van der Waals surface area contributed by atoms with Crippen LogP contribution in [0.1, 0.15) is 10.6 Å². The van der Waals surface area contributed by atoms with Gasteiger partial charge in [-0.3, -0.25) is 4.72 Å². The zero-order valence-electron chi connectivity index (χ0n) is 16.4. The molecule has 4 rings (SSSR count). The highest BCUT2D eigenvalue weighted by Gasteiger charge is 2.22. The van der Waals surface area contributed by atoms with Crippen LogP contribution in [0, 0.1) is 13.8 Å². The van der Waals surface area contributed by atoms with Gasteiger partial charge in [-0.2, -0.15) is 8.42 Å². The summed E-state index contributed by atoms with van der Waals surface area (Å²) in [5, 5.41) is 0.739. The summed E-state index contributed by atoms with van der Waals surface area (Å²) in [5.41, 5.74) is 3.10. The number of hydrogen-bond acceptors (Lipinski definition) is 6. The minimum absolute atomic E-state index is 0.0301. The number of hydrogen-bond donors (Lipinski definition) is 1. The molecular weight excluding hydrogens is 408 g/mol. The van der Waals surface area contributed by atoms with Crippen LogP contribution < -0.4 is 9.46 Å². The Balaban J connectivity index is 1.92. The minimum Gasteiger partial charge on any atom is -0.497 e. The lowest BCUT2D eigenvalue weighted by atomic mass is 10.0. The van der Waals surface area contributed by atoms with Gasteiger partial charge >= 0.3 is 0 Å². The van der Waals surface area contributed by atoms with E-state index in [4.69, 9.17) is 4.74 Å². The van der Waals surface area contributed by atoms with Crippen LogP contribution in [0.4, 0.5) is 5.69 Å². The standard InChI is InChI=1S/C20H20N4O3S2/c1-12-8-16(23-29(25,26)17-10-24(3)11-21-17)19-18(13(2)28-20(19)22-12)14-6-5-7-15(9-14)27-4/h5-11H,1-4H3,(H,22,23).